The van der Waals surface area contributed by atoms with Crippen LogP contribution in [-0.4, -0.2) is 15.2 Å². The Morgan fingerprint density at radius 1 is 0.647 bits per heavy atom. The van der Waals surface area contributed by atoms with Gasteiger partial charge in [0.1, 0.15) is 11.5 Å². The van der Waals surface area contributed by atoms with E-state index in [1.165, 1.54) is 0 Å². The van der Waals surface area contributed by atoms with Crippen LogP contribution < -0.4 is 24.8 Å². The van der Waals surface area contributed by atoms with Gasteiger partial charge in [-0.25, -0.2) is 0 Å². The van der Waals surface area contributed by atoms with Gasteiger partial charge in [0.2, 0.25) is 0 Å². The second-order valence-corrected chi connectivity index (χ2v) is 8.07. The van der Waals surface area contributed by atoms with E-state index in [1.54, 1.807) is 0 Å². The van der Waals surface area contributed by atoms with Crippen molar-refractivity contribution in [2.75, 3.05) is 0 Å². The van der Waals surface area contributed by atoms with Crippen LogP contribution >= 0.6 is 0 Å². The van der Waals surface area contributed by atoms with Crippen LogP contribution in [0.3, 0.4) is 0 Å². The van der Waals surface area contributed by atoms with Crippen molar-refractivity contribution < 1.29 is 56.7 Å². The molecule has 0 aliphatic carbocycles. The van der Waals surface area contributed by atoms with Crippen LogP contribution in [0.5, 0.6) is 11.5 Å². The van der Waals surface area contributed by atoms with Crippen LogP contribution in [0.2, 0.25) is 0 Å². The standard InChI is InChI=1S/C28H23NO2.2ClH.Ti/c1-17-15-25(18(2)29-16-17)26(23-13-11-19-7-3-5-9-21(19)27(23)30)24-14-12-20-8-4-6-10-22(20)28(24)31;;;/h3-16,26,30-31H,1-2H3;2*1H;/q;;;+2/p-2. The summed E-state index contributed by atoms with van der Waals surface area (Å²) < 4.78 is 0. The fraction of sp³-hybridized carbons (Fsp3) is 0.107. The molecule has 0 fully saturated rings. The van der Waals surface area contributed by atoms with Crippen molar-refractivity contribution >= 4 is 21.5 Å². The molecule has 0 amide bonds. The van der Waals surface area contributed by atoms with Crippen LogP contribution in [0.15, 0.2) is 85.1 Å². The number of fused-ring (bicyclic) bond motifs is 2. The van der Waals surface area contributed by atoms with E-state index in [9.17, 15) is 10.2 Å². The maximum Gasteiger partial charge on any atom is 2.00 e. The van der Waals surface area contributed by atoms with E-state index >= 15 is 0 Å². The first kappa shape index (κ1) is 27.7. The van der Waals surface area contributed by atoms with Gasteiger partial charge < -0.3 is 35.0 Å². The maximum atomic E-state index is 11.3. The first-order valence-corrected chi connectivity index (χ1v) is 10.4. The third-order valence-corrected chi connectivity index (χ3v) is 6.06. The van der Waals surface area contributed by atoms with E-state index in [2.05, 4.69) is 11.1 Å². The Balaban J connectivity index is 0.00000136. The maximum absolute atomic E-state index is 11.3. The molecular formula is C28H23Cl2NO2Ti. The number of phenols is 2. The number of pyridine rings is 1. The normalized spacial score (nSPS) is 10.4. The van der Waals surface area contributed by atoms with Crippen LogP contribution in [0.25, 0.3) is 21.5 Å². The van der Waals surface area contributed by atoms with Gasteiger partial charge in [-0.2, -0.15) is 0 Å². The molecule has 170 valence electrons. The van der Waals surface area contributed by atoms with Crippen LogP contribution in [0.4, 0.5) is 0 Å². The molecule has 1 aromatic heterocycles. The molecule has 0 radical (unpaired) electrons. The predicted octanol–water partition coefficient (Wildman–Crippen LogP) is 0.602. The molecule has 0 saturated carbocycles. The van der Waals surface area contributed by atoms with Crippen LogP contribution in [-0.2, 0) is 21.7 Å². The molecule has 6 heteroatoms. The summed E-state index contributed by atoms with van der Waals surface area (Å²) in [5.74, 6) is 0.106. The number of rotatable bonds is 3. The van der Waals surface area contributed by atoms with Crippen molar-refractivity contribution in [3.8, 4) is 11.5 Å². The smallest absolute Gasteiger partial charge is 1.00 e. The second-order valence-electron chi connectivity index (χ2n) is 8.07. The van der Waals surface area contributed by atoms with Crippen molar-refractivity contribution in [1.29, 1.82) is 0 Å². The second kappa shape index (κ2) is 11.2. The van der Waals surface area contributed by atoms with E-state index in [0.717, 1.165) is 49.5 Å². The average Bonchev–Trinajstić information content (AvgIpc) is 2.79. The zero-order valence-corrected chi connectivity index (χ0v) is 21.8. The fourth-order valence-corrected chi connectivity index (χ4v) is 4.46. The molecule has 2 N–H and O–H groups in total. The van der Waals surface area contributed by atoms with Gasteiger partial charge in [0.15, 0.2) is 0 Å². The Morgan fingerprint density at radius 3 is 1.62 bits per heavy atom. The van der Waals surface area contributed by atoms with E-state index in [0.29, 0.717) is 0 Å². The topological polar surface area (TPSA) is 53.4 Å². The van der Waals surface area contributed by atoms with Gasteiger partial charge in [-0.3, -0.25) is 4.98 Å². The Hall–Kier alpha value is -2.56. The molecule has 0 aliphatic heterocycles. The van der Waals surface area contributed by atoms with Crippen molar-refractivity contribution in [3.63, 3.8) is 0 Å². The molecule has 0 aliphatic rings. The minimum absolute atomic E-state index is 0. The number of hydrogen-bond donors (Lipinski definition) is 2. The quantitative estimate of drug-likeness (QED) is 0.341. The molecule has 0 spiro atoms. The predicted molar refractivity (Wildman–Crippen MR) is 126 cm³/mol. The first-order chi connectivity index (χ1) is 15.0. The number of halogens is 2. The van der Waals surface area contributed by atoms with Crippen LogP contribution in [0, 0.1) is 13.8 Å². The molecular weight excluding hydrogens is 501 g/mol. The SMILES string of the molecule is Cc1cnc(C)c(C(c2ccc3ccccc3c2O)c2ccc3ccccc3c2O)c1.[Cl-].[Cl-].[Ti+2]. The molecule has 34 heavy (non-hydrogen) atoms. The summed E-state index contributed by atoms with van der Waals surface area (Å²) in [4.78, 5) is 4.57. The monoisotopic (exact) mass is 523 g/mol. The molecule has 4 aromatic carbocycles. The Labute approximate surface area is 226 Å². The van der Waals surface area contributed by atoms with E-state index in [1.807, 2.05) is 92.8 Å². The number of aryl methyl sites for hydroxylation is 2. The minimum Gasteiger partial charge on any atom is -1.00 e. The van der Waals surface area contributed by atoms with Crippen LogP contribution in [0.1, 0.15) is 33.9 Å². The van der Waals surface area contributed by atoms with Crippen molar-refractivity contribution in [2.45, 2.75) is 19.8 Å². The average molecular weight is 524 g/mol. The summed E-state index contributed by atoms with van der Waals surface area (Å²) in [7, 11) is 0. The van der Waals surface area contributed by atoms with Gasteiger partial charge >= 0.3 is 21.7 Å². The Morgan fingerprint density at radius 2 is 1.12 bits per heavy atom. The summed E-state index contributed by atoms with van der Waals surface area (Å²) in [5.41, 5.74) is 4.37. The zero-order chi connectivity index (χ0) is 21.5. The van der Waals surface area contributed by atoms with Gasteiger partial charge in [0.25, 0.3) is 0 Å². The summed E-state index contributed by atoms with van der Waals surface area (Å²) in [5, 5.41) is 26.2. The third-order valence-electron chi connectivity index (χ3n) is 6.06. The summed E-state index contributed by atoms with van der Waals surface area (Å²) in [6.07, 6.45) is 1.84. The van der Waals surface area contributed by atoms with E-state index in [-0.39, 0.29) is 63.9 Å². The van der Waals surface area contributed by atoms with Gasteiger partial charge in [0.05, 0.1) is 0 Å². The van der Waals surface area contributed by atoms with Gasteiger partial charge in [0, 0.05) is 39.7 Å². The molecule has 0 atom stereocenters. The Bertz CT molecular complexity index is 1370. The Kier molecular flexibility index (Phi) is 9.16. The summed E-state index contributed by atoms with van der Waals surface area (Å²) >= 11 is 0. The van der Waals surface area contributed by atoms with E-state index in [4.69, 9.17) is 0 Å². The zero-order valence-electron chi connectivity index (χ0n) is 18.8. The minimum atomic E-state index is -0.360. The van der Waals surface area contributed by atoms with Crippen molar-refractivity contribution in [1.82, 2.24) is 4.98 Å². The molecule has 5 rings (SSSR count). The molecule has 0 bridgehead atoms. The number of aromatic hydroxyl groups is 2. The summed E-state index contributed by atoms with van der Waals surface area (Å²) in [6, 6.07) is 25.6. The number of benzene rings is 4. The third kappa shape index (κ3) is 4.80. The molecule has 3 nitrogen and oxygen atoms in total. The summed E-state index contributed by atoms with van der Waals surface area (Å²) in [6.45, 7) is 3.98. The van der Waals surface area contributed by atoms with Gasteiger partial charge in [-0.05, 0) is 35.7 Å². The number of aromatic nitrogens is 1. The molecule has 5 aromatic rings. The van der Waals surface area contributed by atoms with Crippen molar-refractivity contribution in [3.05, 3.63) is 113 Å². The number of hydrogen-bond acceptors (Lipinski definition) is 3. The fourth-order valence-electron chi connectivity index (χ4n) is 4.46. The number of phenolic OH excluding ortho intramolecular Hbond substituents is 2. The molecule has 0 saturated heterocycles. The first-order valence-electron chi connectivity index (χ1n) is 10.4. The number of nitrogens with zero attached hydrogens (tertiary/aromatic N) is 1. The molecule has 1 heterocycles. The molecule has 0 unspecified atom stereocenters. The van der Waals surface area contributed by atoms with Gasteiger partial charge in [-0.15, -0.1) is 0 Å². The largest absolute Gasteiger partial charge is 2.00 e. The van der Waals surface area contributed by atoms with E-state index < -0.39 is 0 Å². The van der Waals surface area contributed by atoms with Gasteiger partial charge in [-0.1, -0.05) is 78.9 Å². The van der Waals surface area contributed by atoms with Crippen molar-refractivity contribution in [2.24, 2.45) is 0 Å².